The summed E-state index contributed by atoms with van der Waals surface area (Å²) in [6.07, 6.45) is 20.9. The third-order valence-corrected chi connectivity index (χ3v) is 7.35. The molecular weight excluding hydrogens is 469 g/mol. The Bertz CT molecular complexity index is 1030. The Hall–Kier alpha value is -2.68. The number of rotatable bonds is 19. The number of aromatic nitrogens is 1. The van der Waals surface area contributed by atoms with E-state index in [1.807, 2.05) is 18.3 Å². The molecule has 0 aliphatic rings. The van der Waals surface area contributed by atoms with Crippen LogP contribution in [0.5, 0.6) is 5.75 Å². The monoisotopic (exact) mass is 517 g/mol. The molecule has 0 atom stereocenters. The number of benzene rings is 2. The fraction of sp³-hybridized carbons (Fsp3) is 0.514. The summed E-state index contributed by atoms with van der Waals surface area (Å²) in [5.41, 5.74) is 5.16. The van der Waals surface area contributed by atoms with Crippen LogP contribution in [0.25, 0.3) is 22.4 Å². The molecule has 0 spiro atoms. The predicted octanol–water partition coefficient (Wildman–Crippen LogP) is 11.0. The van der Waals surface area contributed by atoms with Crippen LogP contribution < -0.4 is 4.74 Å². The quantitative estimate of drug-likeness (QED) is 0.148. The summed E-state index contributed by atoms with van der Waals surface area (Å²) in [7, 11) is 0. The molecule has 0 aliphatic carbocycles. The van der Waals surface area contributed by atoms with Crippen molar-refractivity contribution in [3.05, 3.63) is 72.2 Å². The van der Waals surface area contributed by atoms with Crippen LogP contribution in [0, 0.1) is 5.82 Å². The molecule has 0 unspecified atom stereocenters. The van der Waals surface area contributed by atoms with E-state index < -0.39 is 0 Å². The first-order chi connectivity index (χ1) is 18.7. The van der Waals surface area contributed by atoms with E-state index in [1.54, 1.807) is 6.07 Å². The Kier molecular flexibility index (Phi) is 14.0. The van der Waals surface area contributed by atoms with E-state index in [0.717, 1.165) is 41.6 Å². The van der Waals surface area contributed by atoms with E-state index in [9.17, 15) is 4.39 Å². The van der Waals surface area contributed by atoms with E-state index in [0.29, 0.717) is 12.4 Å². The van der Waals surface area contributed by atoms with Crippen LogP contribution in [0.4, 0.5) is 4.39 Å². The van der Waals surface area contributed by atoms with Crippen molar-refractivity contribution in [1.29, 1.82) is 0 Å². The lowest BCUT2D eigenvalue weighted by Gasteiger charge is -2.09. The Morgan fingerprint density at radius 2 is 1.18 bits per heavy atom. The highest BCUT2D eigenvalue weighted by molar-refractivity contribution is 5.67. The molecule has 0 aliphatic heterocycles. The van der Waals surface area contributed by atoms with Gasteiger partial charge in [0.15, 0.2) is 11.6 Å². The summed E-state index contributed by atoms with van der Waals surface area (Å²) in [5.74, 6) is 0.00302. The first-order valence-corrected chi connectivity index (χ1v) is 15.2. The van der Waals surface area contributed by atoms with Crippen molar-refractivity contribution in [1.82, 2.24) is 4.98 Å². The molecule has 1 heterocycles. The second-order valence-corrected chi connectivity index (χ2v) is 10.6. The molecule has 0 fully saturated rings. The van der Waals surface area contributed by atoms with Crippen molar-refractivity contribution in [2.24, 2.45) is 0 Å². The first-order valence-electron chi connectivity index (χ1n) is 15.2. The van der Waals surface area contributed by atoms with Crippen molar-refractivity contribution in [2.75, 3.05) is 6.61 Å². The van der Waals surface area contributed by atoms with Crippen molar-refractivity contribution < 1.29 is 9.13 Å². The minimum Gasteiger partial charge on any atom is -0.491 e. The molecule has 2 aromatic carbocycles. The summed E-state index contributed by atoms with van der Waals surface area (Å²) < 4.78 is 20.4. The highest BCUT2D eigenvalue weighted by Crippen LogP contribution is 2.27. The third kappa shape index (κ3) is 10.6. The average molecular weight is 518 g/mol. The number of unbranched alkanes of at least 4 members (excludes halogenated alkanes) is 12. The zero-order valence-corrected chi connectivity index (χ0v) is 23.8. The number of ether oxygens (including phenoxy) is 1. The Morgan fingerprint density at radius 3 is 1.79 bits per heavy atom. The molecular formula is C35H48FNO. The molecule has 3 rings (SSSR count). The molecule has 0 amide bonds. The van der Waals surface area contributed by atoms with Gasteiger partial charge in [-0.3, -0.25) is 4.98 Å². The minimum atomic E-state index is -0.325. The Balaban J connectivity index is 1.43. The summed E-state index contributed by atoms with van der Waals surface area (Å²) in [6.45, 7) is 5.07. The standard InChI is InChI=1S/C35H48FNO/c1-3-5-7-9-11-12-14-16-26-38-35-25-23-31(27-33(35)36)34-24-22-32(28-37-34)30-20-18-29(19-21-30)17-15-13-10-8-6-4-2/h18-25,27-28H,3-17,26H2,1-2H3. The van der Waals surface area contributed by atoms with Gasteiger partial charge in [-0.15, -0.1) is 0 Å². The van der Waals surface area contributed by atoms with Gasteiger partial charge in [-0.05, 0) is 54.7 Å². The molecule has 0 saturated heterocycles. The third-order valence-electron chi connectivity index (χ3n) is 7.35. The maximum Gasteiger partial charge on any atom is 0.165 e. The van der Waals surface area contributed by atoms with Crippen LogP contribution in [0.15, 0.2) is 60.8 Å². The largest absolute Gasteiger partial charge is 0.491 e. The highest BCUT2D eigenvalue weighted by Gasteiger charge is 2.08. The zero-order valence-electron chi connectivity index (χ0n) is 23.8. The maximum absolute atomic E-state index is 14.7. The molecule has 0 radical (unpaired) electrons. The van der Waals surface area contributed by atoms with Crippen LogP contribution in [0.1, 0.15) is 109 Å². The predicted molar refractivity (Wildman–Crippen MR) is 160 cm³/mol. The first kappa shape index (κ1) is 29.9. The van der Waals surface area contributed by atoms with E-state index in [4.69, 9.17) is 4.74 Å². The Morgan fingerprint density at radius 1 is 0.605 bits per heavy atom. The number of aryl methyl sites for hydroxylation is 1. The summed E-state index contributed by atoms with van der Waals surface area (Å²) in [4.78, 5) is 4.62. The van der Waals surface area contributed by atoms with Gasteiger partial charge < -0.3 is 4.74 Å². The van der Waals surface area contributed by atoms with Gasteiger partial charge >= 0.3 is 0 Å². The Labute approximate surface area is 231 Å². The van der Waals surface area contributed by atoms with E-state index >= 15 is 0 Å². The van der Waals surface area contributed by atoms with Gasteiger partial charge in [0, 0.05) is 17.3 Å². The molecule has 206 valence electrons. The van der Waals surface area contributed by atoms with Crippen LogP contribution in [0.3, 0.4) is 0 Å². The SMILES string of the molecule is CCCCCCCCCCOc1ccc(-c2ccc(-c3ccc(CCCCCCCC)cc3)cn2)cc1F. The van der Waals surface area contributed by atoms with Crippen LogP contribution in [-0.4, -0.2) is 11.6 Å². The van der Waals surface area contributed by atoms with Crippen LogP contribution in [0.2, 0.25) is 0 Å². The van der Waals surface area contributed by atoms with Gasteiger partial charge in [-0.25, -0.2) is 4.39 Å². The smallest absolute Gasteiger partial charge is 0.165 e. The fourth-order valence-electron chi connectivity index (χ4n) is 4.90. The lowest BCUT2D eigenvalue weighted by Crippen LogP contribution is -1.99. The number of hydrogen-bond acceptors (Lipinski definition) is 2. The second kappa shape index (κ2) is 17.8. The van der Waals surface area contributed by atoms with Crippen molar-refractivity contribution >= 4 is 0 Å². The van der Waals surface area contributed by atoms with E-state index in [1.165, 1.54) is 88.7 Å². The van der Waals surface area contributed by atoms with Crippen LogP contribution >= 0.6 is 0 Å². The molecule has 3 heteroatoms. The maximum atomic E-state index is 14.7. The topological polar surface area (TPSA) is 22.1 Å². The highest BCUT2D eigenvalue weighted by atomic mass is 19.1. The lowest BCUT2D eigenvalue weighted by atomic mass is 10.0. The number of halogens is 1. The van der Waals surface area contributed by atoms with Gasteiger partial charge in [0.1, 0.15) is 0 Å². The lowest BCUT2D eigenvalue weighted by molar-refractivity contribution is 0.290. The minimum absolute atomic E-state index is 0.325. The average Bonchev–Trinajstić information content (AvgIpc) is 2.95. The summed E-state index contributed by atoms with van der Waals surface area (Å²) in [5, 5.41) is 0. The van der Waals surface area contributed by atoms with Gasteiger partial charge in [-0.1, -0.05) is 121 Å². The van der Waals surface area contributed by atoms with Crippen molar-refractivity contribution in [3.63, 3.8) is 0 Å². The molecule has 1 aromatic heterocycles. The van der Waals surface area contributed by atoms with E-state index in [2.05, 4.69) is 49.2 Å². The number of nitrogens with zero attached hydrogens (tertiary/aromatic N) is 1. The second-order valence-electron chi connectivity index (χ2n) is 10.6. The van der Waals surface area contributed by atoms with Crippen LogP contribution in [-0.2, 0) is 6.42 Å². The van der Waals surface area contributed by atoms with Crippen molar-refractivity contribution in [2.45, 2.75) is 110 Å². The van der Waals surface area contributed by atoms with E-state index in [-0.39, 0.29) is 5.82 Å². The number of pyridine rings is 1. The summed E-state index contributed by atoms with van der Waals surface area (Å²) >= 11 is 0. The van der Waals surface area contributed by atoms with Gasteiger partial charge in [0.2, 0.25) is 0 Å². The number of hydrogen-bond donors (Lipinski definition) is 0. The van der Waals surface area contributed by atoms with Gasteiger partial charge in [-0.2, -0.15) is 0 Å². The normalized spacial score (nSPS) is 11.1. The molecule has 3 aromatic rings. The molecule has 2 nitrogen and oxygen atoms in total. The van der Waals surface area contributed by atoms with Crippen molar-refractivity contribution in [3.8, 4) is 28.1 Å². The summed E-state index contributed by atoms with van der Waals surface area (Å²) in [6, 6.07) is 18.0. The zero-order chi connectivity index (χ0) is 26.8. The van der Waals surface area contributed by atoms with Gasteiger partial charge in [0.05, 0.1) is 12.3 Å². The molecule has 38 heavy (non-hydrogen) atoms. The molecule has 0 saturated carbocycles. The molecule has 0 N–H and O–H groups in total. The van der Waals surface area contributed by atoms with Gasteiger partial charge in [0.25, 0.3) is 0 Å². The molecule has 0 bridgehead atoms. The fourth-order valence-corrected chi connectivity index (χ4v) is 4.90.